The van der Waals surface area contributed by atoms with Gasteiger partial charge in [-0.05, 0) is 23.0 Å². The molecule has 0 fully saturated rings. The monoisotopic (exact) mass is 357 g/mol. The van der Waals surface area contributed by atoms with E-state index in [1.165, 1.54) is 17.1 Å². The Morgan fingerprint density at radius 1 is 1.00 bits per heavy atom. The van der Waals surface area contributed by atoms with Crippen LogP contribution >= 0.6 is 0 Å². The Kier molecular flexibility index (Phi) is 5.30. The van der Waals surface area contributed by atoms with E-state index in [0.717, 1.165) is 11.1 Å². The molecule has 0 N–H and O–H groups in total. The number of rotatable bonds is 7. The highest BCUT2D eigenvalue weighted by Gasteiger charge is 2.54. The lowest BCUT2D eigenvalue weighted by Crippen LogP contribution is -2.51. The van der Waals surface area contributed by atoms with Crippen molar-refractivity contribution in [2.75, 3.05) is 13.2 Å². The van der Waals surface area contributed by atoms with E-state index in [-0.39, 0.29) is 11.8 Å². The van der Waals surface area contributed by atoms with Crippen molar-refractivity contribution in [1.82, 2.24) is 4.90 Å². The van der Waals surface area contributed by atoms with Crippen LogP contribution in [0.5, 0.6) is 0 Å². The number of hydrogen-bond donors (Lipinski definition) is 0. The van der Waals surface area contributed by atoms with Crippen LogP contribution in [0.25, 0.3) is 0 Å². The average Bonchev–Trinajstić information content (AvgIpc) is 3.08. The minimum Gasteiger partial charge on any atom is -0.347 e. The van der Waals surface area contributed by atoms with Gasteiger partial charge < -0.3 is 9.47 Å². The van der Waals surface area contributed by atoms with Crippen LogP contribution in [0.2, 0.25) is 0 Å². The summed E-state index contributed by atoms with van der Waals surface area (Å²) >= 11 is 0. The number of fused-ring (bicyclic) bond motifs is 1. The van der Waals surface area contributed by atoms with Gasteiger partial charge in [-0.3, -0.25) is 14.5 Å². The SMILES string of the molecule is CC(C)COC1(OCC(C)C)Cc2ccccc2[C@@H]1N1C(=O)C=CC1=O. The topological polar surface area (TPSA) is 55.8 Å². The Hall–Kier alpha value is -1.98. The van der Waals surface area contributed by atoms with Gasteiger partial charge in [0.05, 0.1) is 13.2 Å². The van der Waals surface area contributed by atoms with Gasteiger partial charge in [0, 0.05) is 18.6 Å². The summed E-state index contributed by atoms with van der Waals surface area (Å²) in [6, 6.07) is 7.28. The van der Waals surface area contributed by atoms with E-state index < -0.39 is 11.8 Å². The van der Waals surface area contributed by atoms with Crippen molar-refractivity contribution >= 4 is 11.8 Å². The van der Waals surface area contributed by atoms with Crippen molar-refractivity contribution in [2.24, 2.45) is 11.8 Å². The van der Waals surface area contributed by atoms with Crippen LogP contribution in [0.4, 0.5) is 0 Å². The molecule has 0 saturated carbocycles. The molecule has 0 unspecified atom stereocenters. The Morgan fingerprint density at radius 2 is 1.54 bits per heavy atom. The predicted octanol–water partition coefficient (Wildman–Crippen LogP) is 3.25. The number of carbonyl (C=O) groups is 2. The molecule has 5 nitrogen and oxygen atoms in total. The normalized spacial score (nSPS) is 21.3. The van der Waals surface area contributed by atoms with Gasteiger partial charge in [0.1, 0.15) is 6.04 Å². The summed E-state index contributed by atoms with van der Waals surface area (Å²) in [6.45, 7) is 9.27. The molecule has 0 saturated heterocycles. The summed E-state index contributed by atoms with van der Waals surface area (Å²) in [7, 11) is 0. The molecule has 140 valence electrons. The van der Waals surface area contributed by atoms with Crippen LogP contribution in [-0.4, -0.2) is 35.7 Å². The van der Waals surface area contributed by atoms with Crippen LogP contribution in [-0.2, 0) is 25.5 Å². The molecule has 1 heterocycles. The Labute approximate surface area is 155 Å². The van der Waals surface area contributed by atoms with Crippen LogP contribution in [0.15, 0.2) is 36.4 Å². The molecule has 5 heteroatoms. The van der Waals surface area contributed by atoms with Crippen molar-refractivity contribution in [3.8, 4) is 0 Å². The molecule has 1 atom stereocenters. The third-order valence-electron chi connectivity index (χ3n) is 4.63. The second-order valence-electron chi connectivity index (χ2n) is 7.88. The molecule has 2 aliphatic rings. The molecule has 0 radical (unpaired) electrons. The first-order valence-electron chi connectivity index (χ1n) is 9.25. The molecule has 0 bridgehead atoms. The Balaban J connectivity index is 2.04. The molecule has 1 aliphatic carbocycles. The van der Waals surface area contributed by atoms with E-state index in [1.54, 1.807) is 0 Å². The van der Waals surface area contributed by atoms with E-state index in [2.05, 4.69) is 27.7 Å². The van der Waals surface area contributed by atoms with Crippen molar-refractivity contribution < 1.29 is 19.1 Å². The van der Waals surface area contributed by atoms with Gasteiger partial charge in [0.2, 0.25) is 0 Å². The van der Waals surface area contributed by atoms with Crippen LogP contribution in [0, 0.1) is 11.8 Å². The molecule has 2 amide bonds. The summed E-state index contributed by atoms with van der Waals surface area (Å²) in [5, 5.41) is 0. The number of ether oxygens (including phenoxy) is 2. The summed E-state index contributed by atoms with van der Waals surface area (Å²) in [4.78, 5) is 26.2. The molecule has 1 aliphatic heterocycles. The Bertz CT molecular complexity index is 692. The molecule has 1 aromatic carbocycles. The van der Waals surface area contributed by atoms with Gasteiger partial charge >= 0.3 is 0 Å². The van der Waals surface area contributed by atoms with Gasteiger partial charge in [-0.1, -0.05) is 52.0 Å². The Morgan fingerprint density at radius 3 is 2.08 bits per heavy atom. The molecule has 3 rings (SSSR count). The molecular formula is C21H27NO4. The number of carbonyl (C=O) groups excluding carboxylic acids is 2. The number of nitrogens with zero attached hydrogens (tertiary/aromatic N) is 1. The minimum absolute atomic E-state index is 0.307. The molecule has 0 spiro atoms. The van der Waals surface area contributed by atoms with Gasteiger partial charge in [-0.2, -0.15) is 0 Å². The lowest BCUT2D eigenvalue weighted by molar-refractivity contribution is -0.268. The largest absolute Gasteiger partial charge is 0.347 e. The number of imide groups is 1. The van der Waals surface area contributed by atoms with Crippen LogP contribution in [0.1, 0.15) is 44.9 Å². The maximum Gasteiger partial charge on any atom is 0.254 e. The number of hydrogen-bond acceptors (Lipinski definition) is 4. The third kappa shape index (κ3) is 3.46. The van der Waals surface area contributed by atoms with E-state index in [1.807, 2.05) is 24.3 Å². The van der Waals surface area contributed by atoms with Crippen LogP contribution in [0.3, 0.4) is 0 Å². The summed E-state index contributed by atoms with van der Waals surface area (Å²) in [5.74, 6) is -1.07. The maximum atomic E-state index is 12.5. The van der Waals surface area contributed by atoms with Crippen molar-refractivity contribution in [3.05, 3.63) is 47.5 Å². The number of amides is 2. The second kappa shape index (κ2) is 7.33. The maximum absolute atomic E-state index is 12.5. The zero-order valence-corrected chi connectivity index (χ0v) is 15.9. The molecule has 26 heavy (non-hydrogen) atoms. The van der Waals surface area contributed by atoms with Gasteiger partial charge in [0.15, 0.2) is 5.79 Å². The number of benzene rings is 1. The second-order valence-corrected chi connectivity index (χ2v) is 7.88. The highest BCUT2D eigenvalue weighted by Crippen LogP contribution is 2.47. The fraction of sp³-hybridized carbons (Fsp3) is 0.524. The van der Waals surface area contributed by atoms with E-state index in [0.29, 0.717) is 31.5 Å². The van der Waals surface area contributed by atoms with Crippen molar-refractivity contribution in [3.63, 3.8) is 0 Å². The minimum atomic E-state index is -1.05. The highest BCUT2D eigenvalue weighted by molar-refractivity contribution is 6.13. The first-order valence-corrected chi connectivity index (χ1v) is 9.25. The fourth-order valence-electron chi connectivity index (χ4n) is 3.48. The quantitative estimate of drug-likeness (QED) is 0.555. The van der Waals surface area contributed by atoms with E-state index in [4.69, 9.17) is 9.47 Å². The van der Waals surface area contributed by atoms with Gasteiger partial charge in [-0.25, -0.2) is 0 Å². The third-order valence-corrected chi connectivity index (χ3v) is 4.63. The molecule has 1 aromatic rings. The smallest absolute Gasteiger partial charge is 0.254 e. The van der Waals surface area contributed by atoms with Gasteiger partial charge in [-0.15, -0.1) is 0 Å². The zero-order valence-electron chi connectivity index (χ0n) is 15.9. The summed E-state index contributed by atoms with van der Waals surface area (Å²) in [6.07, 6.45) is 3.15. The first-order chi connectivity index (χ1) is 12.3. The highest BCUT2D eigenvalue weighted by atomic mass is 16.7. The van der Waals surface area contributed by atoms with E-state index >= 15 is 0 Å². The average molecular weight is 357 g/mol. The van der Waals surface area contributed by atoms with Crippen LogP contribution < -0.4 is 0 Å². The predicted molar refractivity (Wildman–Crippen MR) is 98.2 cm³/mol. The van der Waals surface area contributed by atoms with Crippen molar-refractivity contribution in [2.45, 2.75) is 45.9 Å². The summed E-state index contributed by atoms with van der Waals surface area (Å²) < 4.78 is 12.6. The lowest BCUT2D eigenvalue weighted by atomic mass is 10.0. The fourth-order valence-corrected chi connectivity index (χ4v) is 3.48. The first kappa shape index (κ1) is 18.8. The van der Waals surface area contributed by atoms with Crippen molar-refractivity contribution in [1.29, 1.82) is 0 Å². The van der Waals surface area contributed by atoms with E-state index in [9.17, 15) is 9.59 Å². The molecule has 0 aromatic heterocycles. The standard InChI is InChI=1S/C21H27NO4/c1-14(2)12-25-21(26-13-15(3)4)11-16-7-5-6-8-17(16)20(21)22-18(23)9-10-19(22)24/h5-10,14-15,20H,11-13H2,1-4H3/t20-/m0/s1. The van der Waals surface area contributed by atoms with Gasteiger partial charge in [0.25, 0.3) is 11.8 Å². The summed E-state index contributed by atoms with van der Waals surface area (Å²) in [5.41, 5.74) is 1.97. The molecular weight excluding hydrogens is 330 g/mol. The lowest BCUT2D eigenvalue weighted by Gasteiger charge is -2.40. The zero-order chi connectivity index (χ0) is 18.9.